The van der Waals surface area contributed by atoms with Gasteiger partial charge in [-0.05, 0) is 7.05 Å². The van der Waals surface area contributed by atoms with Crippen molar-refractivity contribution in [2.45, 2.75) is 12.6 Å². The molecular formula is C19H25N5. The lowest BCUT2D eigenvalue weighted by atomic mass is 10.1. The normalized spacial score (nSPS) is 23.1. The van der Waals surface area contributed by atoms with E-state index in [1.54, 1.807) is 0 Å². The third kappa shape index (κ3) is 3.48. The van der Waals surface area contributed by atoms with Crippen molar-refractivity contribution in [1.82, 2.24) is 24.7 Å². The van der Waals surface area contributed by atoms with Crippen molar-refractivity contribution in [3.63, 3.8) is 0 Å². The van der Waals surface area contributed by atoms with Crippen molar-refractivity contribution in [1.29, 1.82) is 0 Å². The molecule has 0 spiro atoms. The highest BCUT2D eigenvalue weighted by molar-refractivity contribution is 5.53. The predicted octanol–water partition coefficient (Wildman–Crippen LogP) is 1.58. The number of hydrogen-bond donors (Lipinski definition) is 0. The number of hydrogen-bond acceptors (Lipinski definition) is 5. The van der Waals surface area contributed by atoms with Crippen LogP contribution in [0.15, 0.2) is 42.7 Å². The minimum absolute atomic E-state index is 0.669. The Balaban J connectivity index is 1.39. The van der Waals surface area contributed by atoms with Gasteiger partial charge in [-0.15, -0.1) is 0 Å². The van der Waals surface area contributed by atoms with E-state index >= 15 is 0 Å². The van der Waals surface area contributed by atoms with Crippen LogP contribution >= 0.6 is 0 Å². The fourth-order valence-corrected chi connectivity index (χ4v) is 3.75. The monoisotopic (exact) mass is 323 g/mol. The largest absolute Gasteiger partial charge is 0.303 e. The third-order valence-electron chi connectivity index (χ3n) is 5.12. The Kier molecular flexibility index (Phi) is 4.56. The lowest BCUT2D eigenvalue weighted by Gasteiger charge is -2.46. The van der Waals surface area contributed by atoms with Crippen LogP contribution in [0.25, 0.3) is 11.4 Å². The molecule has 2 aliphatic heterocycles. The zero-order chi connectivity index (χ0) is 16.4. The maximum Gasteiger partial charge on any atom is 0.159 e. The van der Waals surface area contributed by atoms with Gasteiger partial charge in [-0.1, -0.05) is 30.3 Å². The topological polar surface area (TPSA) is 35.5 Å². The molecule has 1 aromatic heterocycles. The molecular weight excluding hydrogens is 298 g/mol. The molecule has 2 fully saturated rings. The van der Waals surface area contributed by atoms with Gasteiger partial charge >= 0.3 is 0 Å². The Hall–Kier alpha value is -1.82. The Bertz CT molecular complexity index is 657. The molecule has 0 saturated carbocycles. The molecule has 2 aliphatic rings. The predicted molar refractivity (Wildman–Crippen MR) is 95.6 cm³/mol. The summed E-state index contributed by atoms with van der Waals surface area (Å²) in [5.74, 6) is 0.804. The summed E-state index contributed by atoms with van der Waals surface area (Å²) in [7, 11) is 2.23. The lowest BCUT2D eigenvalue weighted by molar-refractivity contribution is 0.0174. The zero-order valence-electron chi connectivity index (χ0n) is 14.3. The van der Waals surface area contributed by atoms with E-state index in [1.165, 1.54) is 31.7 Å². The van der Waals surface area contributed by atoms with Crippen LogP contribution in [-0.2, 0) is 6.54 Å². The van der Waals surface area contributed by atoms with Crippen molar-refractivity contribution < 1.29 is 0 Å². The second kappa shape index (κ2) is 6.97. The van der Waals surface area contributed by atoms with E-state index in [1.807, 2.05) is 42.7 Å². The summed E-state index contributed by atoms with van der Waals surface area (Å²) >= 11 is 0. The van der Waals surface area contributed by atoms with E-state index in [-0.39, 0.29) is 0 Å². The third-order valence-corrected chi connectivity index (χ3v) is 5.12. The molecule has 126 valence electrons. The van der Waals surface area contributed by atoms with E-state index in [2.05, 4.69) is 31.7 Å². The molecule has 0 aliphatic carbocycles. The fourth-order valence-electron chi connectivity index (χ4n) is 3.75. The molecule has 24 heavy (non-hydrogen) atoms. The molecule has 1 aromatic carbocycles. The van der Waals surface area contributed by atoms with Crippen LogP contribution in [0.1, 0.15) is 5.56 Å². The summed E-state index contributed by atoms with van der Waals surface area (Å²) in [5.41, 5.74) is 2.27. The van der Waals surface area contributed by atoms with E-state index in [0.717, 1.165) is 31.0 Å². The zero-order valence-corrected chi connectivity index (χ0v) is 14.3. The standard InChI is InChI=1S/C19H25N5/c1-22-7-9-24-10-8-23(15-18(24)14-22)13-16-11-20-19(21-12-16)17-5-3-2-4-6-17/h2-6,11-12,18H,7-10,13-15H2,1H3. The van der Waals surface area contributed by atoms with Gasteiger partial charge in [0.15, 0.2) is 5.82 Å². The first kappa shape index (κ1) is 15.7. The molecule has 5 nitrogen and oxygen atoms in total. The summed E-state index contributed by atoms with van der Waals surface area (Å²) in [4.78, 5) is 16.7. The van der Waals surface area contributed by atoms with Crippen LogP contribution in [0, 0.1) is 0 Å². The first-order chi connectivity index (χ1) is 11.8. The smallest absolute Gasteiger partial charge is 0.159 e. The highest BCUT2D eigenvalue weighted by Gasteiger charge is 2.30. The summed E-state index contributed by atoms with van der Waals surface area (Å²) in [5, 5.41) is 0. The molecule has 0 bridgehead atoms. The van der Waals surface area contributed by atoms with E-state index in [4.69, 9.17) is 0 Å². The Morgan fingerprint density at radius 1 is 0.958 bits per heavy atom. The molecule has 5 heteroatoms. The van der Waals surface area contributed by atoms with Gasteiger partial charge in [0.1, 0.15) is 0 Å². The molecule has 2 saturated heterocycles. The summed E-state index contributed by atoms with van der Waals surface area (Å²) in [6, 6.07) is 10.8. The van der Waals surface area contributed by atoms with Crippen molar-refractivity contribution in [3.8, 4) is 11.4 Å². The van der Waals surface area contributed by atoms with Gasteiger partial charge in [0.05, 0.1) is 0 Å². The maximum atomic E-state index is 4.55. The average molecular weight is 323 g/mol. The molecule has 1 atom stereocenters. The van der Waals surface area contributed by atoms with Crippen LogP contribution < -0.4 is 0 Å². The lowest BCUT2D eigenvalue weighted by Crippen LogP contribution is -2.61. The Labute approximate surface area is 143 Å². The van der Waals surface area contributed by atoms with E-state index in [0.29, 0.717) is 6.04 Å². The van der Waals surface area contributed by atoms with Crippen molar-refractivity contribution in [3.05, 3.63) is 48.3 Å². The minimum Gasteiger partial charge on any atom is -0.303 e. The number of fused-ring (bicyclic) bond motifs is 1. The first-order valence-corrected chi connectivity index (χ1v) is 8.79. The highest BCUT2D eigenvalue weighted by Crippen LogP contribution is 2.18. The summed E-state index contributed by atoms with van der Waals surface area (Å²) in [6.07, 6.45) is 3.96. The van der Waals surface area contributed by atoms with Crippen molar-refractivity contribution in [2.24, 2.45) is 0 Å². The van der Waals surface area contributed by atoms with Crippen LogP contribution in [0.2, 0.25) is 0 Å². The Morgan fingerprint density at radius 2 is 1.71 bits per heavy atom. The van der Waals surface area contributed by atoms with Crippen LogP contribution in [-0.4, -0.2) is 77.0 Å². The number of nitrogens with zero attached hydrogens (tertiary/aromatic N) is 5. The number of benzene rings is 1. The average Bonchev–Trinajstić information content (AvgIpc) is 2.63. The molecule has 0 amide bonds. The van der Waals surface area contributed by atoms with Crippen LogP contribution in [0.3, 0.4) is 0 Å². The SMILES string of the molecule is CN1CCN2CCN(Cc3cnc(-c4ccccc4)nc3)CC2C1. The van der Waals surface area contributed by atoms with Crippen LogP contribution in [0.5, 0.6) is 0 Å². The second-order valence-corrected chi connectivity index (χ2v) is 6.97. The number of piperazine rings is 2. The molecule has 2 aromatic rings. The number of likely N-dealkylation sites (N-methyl/N-ethyl adjacent to an activating group) is 1. The Morgan fingerprint density at radius 3 is 2.50 bits per heavy atom. The van der Waals surface area contributed by atoms with Gasteiger partial charge < -0.3 is 4.90 Å². The summed E-state index contributed by atoms with van der Waals surface area (Å²) < 4.78 is 0. The molecule has 1 unspecified atom stereocenters. The second-order valence-electron chi connectivity index (χ2n) is 6.97. The first-order valence-electron chi connectivity index (χ1n) is 8.79. The minimum atomic E-state index is 0.669. The van der Waals surface area contributed by atoms with Gasteiger partial charge in [-0.3, -0.25) is 9.80 Å². The van der Waals surface area contributed by atoms with Gasteiger partial charge in [0.25, 0.3) is 0 Å². The van der Waals surface area contributed by atoms with E-state index < -0.39 is 0 Å². The van der Waals surface area contributed by atoms with Crippen LogP contribution in [0.4, 0.5) is 0 Å². The van der Waals surface area contributed by atoms with Crippen molar-refractivity contribution in [2.75, 3.05) is 46.3 Å². The summed E-state index contributed by atoms with van der Waals surface area (Å²) in [6.45, 7) is 8.01. The highest BCUT2D eigenvalue weighted by atomic mass is 15.3. The van der Waals surface area contributed by atoms with E-state index in [9.17, 15) is 0 Å². The molecule has 0 N–H and O–H groups in total. The number of aromatic nitrogens is 2. The number of rotatable bonds is 3. The molecule has 0 radical (unpaired) electrons. The maximum absolute atomic E-state index is 4.55. The van der Waals surface area contributed by atoms with Gasteiger partial charge in [-0.25, -0.2) is 9.97 Å². The van der Waals surface area contributed by atoms with Gasteiger partial charge in [0.2, 0.25) is 0 Å². The molecule has 3 heterocycles. The van der Waals surface area contributed by atoms with Crippen molar-refractivity contribution >= 4 is 0 Å². The van der Waals surface area contributed by atoms with Gasteiger partial charge in [0, 0.05) is 75.4 Å². The molecule has 4 rings (SSSR count). The van der Waals surface area contributed by atoms with Gasteiger partial charge in [-0.2, -0.15) is 0 Å². The fraction of sp³-hybridized carbons (Fsp3) is 0.474. The quantitative estimate of drug-likeness (QED) is 0.857.